The van der Waals surface area contributed by atoms with E-state index in [4.69, 9.17) is 0 Å². The average molecular weight is 339 g/mol. The molecule has 1 N–H and O–H groups in total. The summed E-state index contributed by atoms with van der Waals surface area (Å²) in [6, 6.07) is 15.8. The second kappa shape index (κ2) is 10.2. The van der Waals surface area contributed by atoms with Gasteiger partial charge in [-0.2, -0.15) is 0 Å². The zero-order valence-corrected chi connectivity index (χ0v) is 14.6. The minimum atomic E-state index is -0.0532. The number of carbonyl (C=O) groups excluding carboxylic acids is 2. The van der Waals surface area contributed by atoms with Crippen LogP contribution in [0, 0.1) is 0 Å². The first kappa shape index (κ1) is 18.6. The van der Waals surface area contributed by atoms with Crippen molar-refractivity contribution in [3.63, 3.8) is 0 Å². The zero-order chi connectivity index (χ0) is 17.9. The Morgan fingerprint density at radius 3 is 2.52 bits per heavy atom. The van der Waals surface area contributed by atoms with Crippen LogP contribution in [0.3, 0.4) is 0 Å². The number of carbonyl (C=O) groups is 2. The summed E-state index contributed by atoms with van der Waals surface area (Å²) in [6.07, 6.45) is 3.85. The van der Waals surface area contributed by atoms with E-state index in [0.717, 1.165) is 18.5 Å². The number of amides is 2. The van der Waals surface area contributed by atoms with E-state index in [0.29, 0.717) is 26.1 Å². The van der Waals surface area contributed by atoms with Gasteiger partial charge in [-0.05, 0) is 30.5 Å². The second-order valence-electron chi connectivity index (χ2n) is 5.95. The van der Waals surface area contributed by atoms with Crippen molar-refractivity contribution in [3.8, 4) is 0 Å². The van der Waals surface area contributed by atoms with Crippen LogP contribution in [0.25, 0.3) is 0 Å². The lowest BCUT2D eigenvalue weighted by atomic mass is 10.1. The average Bonchev–Trinajstić information content (AvgIpc) is 2.63. The number of rotatable bonds is 9. The summed E-state index contributed by atoms with van der Waals surface area (Å²) in [4.78, 5) is 29.6. The predicted molar refractivity (Wildman–Crippen MR) is 97.7 cm³/mol. The molecule has 1 heterocycles. The van der Waals surface area contributed by atoms with Gasteiger partial charge in [0.2, 0.25) is 11.8 Å². The lowest BCUT2D eigenvalue weighted by Crippen LogP contribution is -2.34. The number of nitrogens with one attached hydrogen (secondary N) is 1. The highest BCUT2D eigenvalue weighted by molar-refractivity contribution is 5.77. The molecule has 0 atom stereocenters. The molecule has 0 aliphatic carbocycles. The molecule has 0 spiro atoms. The summed E-state index contributed by atoms with van der Waals surface area (Å²) in [5.74, 6) is -0.0807. The highest BCUT2D eigenvalue weighted by Crippen LogP contribution is 2.04. The second-order valence-corrected chi connectivity index (χ2v) is 5.95. The molecular weight excluding hydrogens is 314 g/mol. The molecule has 2 amide bonds. The van der Waals surface area contributed by atoms with E-state index < -0.39 is 0 Å². The van der Waals surface area contributed by atoms with Crippen LogP contribution in [0.5, 0.6) is 0 Å². The topological polar surface area (TPSA) is 62.3 Å². The van der Waals surface area contributed by atoms with Gasteiger partial charge in [0.1, 0.15) is 0 Å². The van der Waals surface area contributed by atoms with Gasteiger partial charge >= 0.3 is 0 Å². The number of pyridine rings is 1. The van der Waals surface area contributed by atoms with Crippen LogP contribution in [-0.2, 0) is 22.6 Å². The molecule has 0 bridgehead atoms. The summed E-state index contributed by atoms with van der Waals surface area (Å²) in [5.41, 5.74) is 2.09. The molecular formula is C20H25N3O2. The molecule has 5 nitrogen and oxygen atoms in total. The maximum absolute atomic E-state index is 12.0. The molecule has 1 aromatic heterocycles. The van der Waals surface area contributed by atoms with Crippen LogP contribution in [0.2, 0.25) is 0 Å². The number of aromatic nitrogens is 1. The van der Waals surface area contributed by atoms with Gasteiger partial charge in [-0.15, -0.1) is 0 Å². The van der Waals surface area contributed by atoms with E-state index in [9.17, 15) is 9.59 Å². The minimum Gasteiger partial charge on any atom is -0.356 e. The number of benzene rings is 1. The Morgan fingerprint density at radius 1 is 1.08 bits per heavy atom. The highest BCUT2D eigenvalue weighted by Gasteiger charge is 2.12. The van der Waals surface area contributed by atoms with Crippen molar-refractivity contribution in [2.24, 2.45) is 0 Å². The van der Waals surface area contributed by atoms with Crippen molar-refractivity contribution >= 4 is 11.8 Å². The largest absolute Gasteiger partial charge is 0.356 e. The molecule has 0 fully saturated rings. The first-order valence-corrected chi connectivity index (χ1v) is 8.61. The van der Waals surface area contributed by atoms with Crippen LogP contribution in [0.4, 0.5) is 0 Å². The van der Waals surface area contributed by atoms with Gasteiger partial charge in [-0.25, -0.2) is 0 Å². The van der Waals surface area contributed by atoms with E-state index in [-0.39, 0.29) is 11.8 Å². The fourth-order valence-corrected chi connectivity index (χ4v) is 2.52. The Labute approximate surface area is 149 Å². The highest BCUT2D eigenvalue weighted by atomic mass is 16.2. The summed E-state index contributed by atoms with van der Waals surface area (Å²) >= 11 is 0. The molecule has 2 rings (SSSR count). The van der Waals surface area contributed by atoms with Crippen LogP contribution in [0.1, 0.15) is 31.0 Å². The Bertz CT molecular complexity index is 659. The van der Waals surface area contributed by atoms with Crippen LogP contribution < -0.4 is 5.32 Å². The summed E-state index contributed by atoms with van der Waals surface area (Å²) in [7, 11) is 0. The van der Waals surface area contributed by atoms with Crippen LogP contribution >= 0.6 is 0 Å². The molecule has 2 aromatic rings. The lowest BCUT2D eigenvalue weighted by molar-refractivity contribution is -0.130. The van der Waals surface area contributed by atoms with Crippen molar-refractivity contribution in [1.29, 1.82) is 0 Å². The molecule has 25 heavy (non-hydrogen) atoms. The van der Waals surface area contributed by atoms with Gasteiger partial charge in [0, 0.05) is 32.6 Å². The predicted octanol–water partition coefficient (Wildman–Crippen LogP) is 2.57. The van der Waals surface area contributed by atoms with Crippen molar-refractivity contribution in [2.45, 2.75) is 32.7 Å². The maximum Gasteiger partial charge on any atom is 0.221 e. The standard InChI is InChI=1S/C20H25N3O2/c1-17(24)23(16-19-11-5-6-13-21-19)15-12-20(25)22-14-7-10-18-8-3-2-4-9-18/h2-6,8-9,11,13H,7,10,12,14-16H2,1H3,(H,22,25). The lowest BCUT2D eigenvalue weighted by Gasteiger charge is -2.20. The summed E-state index contributed by atoms with van der Waals surface area (Å²) in [5, 5.41) is 2.92. The maximum atomic E-state index is 12.0. The fraction of sp³-hybridized carbons (Fsp3) is 0.350. The molecule has 0 aliphatic heterocycles. The van der Waals surface area contributed by atoms with Gasteiger partial charge < -0.3 is 10.2 Å². The number of hydrogen-bond acceptors (Lipinski definition) is 3. The van der Waals surface area contributed by atoms with Crippen molar-refractivity contribution in [1.82, 2.24) is 15.2 Å². The first-order chi connectivity index (χ1) is 12.1. The van der Waals surface area contributed by atoms with Gasteiger partial charge in [-0.1, -0.05) is 36.4 Å². The van der Waals surface area contributed by atoms with Gasteiger partial charge in [0.15, 0.2) is 0 Å². The quantitative estimate of drug-likeness (QED) is 0.714. The van der Waals surface area contributed by atoms with E-state index in [1.807, 2.05) is 36.4 Å². The third-order valence-corrected chi connectivity index (χ3v) is 3.94. The normalized spacial score (nSPS) is 10.3. The summed E-state index contributed by atoms with van der Waals surface area (Å²) in [6.45, 7) is 2.99. The molecule has 0 unspecified atom stereocenters. The van der Waals surface area contributed by atoms with Crippen molar-refractivity contribution in [3.05, 3.63) is 66.0 Å². The van der Waals surface area contributed by atoms with Crippen molar-refractivity contribution < 1.29 is 9.59 Å². The van der Waals surface area contributed by atoms with Crippen LogP contribution in [0.15, 0.2) is 54.7 Å². The Hall–Kier alpha value is -2.69. The van der Waals surface area contributed by atoms with Gasteiger partial charge in [0.25, 0.3) is 0 Å². The number of nitrogens with zero attached hydrogens (tertiary/aromatic N) is 2. The first-order valence-electron chi connectivity index (χ1n) is 8.61. The molecule has 0 radical (unpaired) electrons. The molecule has 0 aliphatic rings. The fourth-order valence-electron chi connectivity index (χ4n) is 2.52. The van der Waals surface area contributed by atoms with E-state index >= 15 is 0 Å². The minimum absolute atomic E-state index is 0.0275. The zero-order valence-electron chi connectivity index (χ0n) is 14.6. The van der Waals surface area contributed by atoms with Crippen molar-refractivity contribution in [2.75, 3.05) is 13.1 Å². The van der Waals surface area contributed by atoms with E-state index in [1.165, 1.54) is 12.5 Å². The Balaban J connectivity index is 1.67. The number of hydrogen-bond donors (Lipinski definition) is 1. The molecule has 0 saturated carbocycles. The SMILES string of the molecule is CC(=O)N(CCC(=O)NCCCc1ccccc1)Cc1ccccn1. The summed E-state index contributed by atoms with van der Waals surface area (Å²) < 4.78 is 0. The third-order valence-electron chi connectivity index (χ3n) is 3.94. The van der Waals surface area contributed by atoms with Crippen LogP contribution in [-0.4, -0.2) is 34.8 Å². The Kier molecular flexibility index (Phi) is 7.63. The number of aryl methyl sites for hydroxylation is 1. The molecule has 5 heteroatoms. The van der Waals surface area contributed by atoms with E-state index in [1.54, 1.807) is 11.1 Å². The third kappa shape index (κ3) is 7.16. The molecule has 1 aromatic carbocycles. The molecule has 0 saturated heterocycles. The van der Waals surface area contributed by atoms with Gasteiger partial charge in [-0.3, -0.25) is 14.6 Å². The Morgan fingerprint density at radius 2 is 1.84 bits per heavy atom. The van der Waals surface area contributed by atoms with E-state index in [2.05, 4.69) is 22.4 Å². The monoisotopic (exact) mass is 339 g/mol. The smallest absolute Gasteiger partial charge is 0.221 e. The molecule has 132 valence electrons. The van der Waals surface area contributed by atoms with Gasteiger partial charge in [0.05, 0.1) is 12.2 Å².